The van der Waals surface area contributed by atoms with Crippen molar-refractivity contribution in [1.29, 1.82) is 0 Å². The summed E-state index contributed by atoms with van der Waals surface area (Å²) in [5.74, 6) is -0.289. The zero-order valence-corrected chi connectivity index (χ0v) is 25.5. The molecule has 0 bridgehead atoms. The van der Waals surface area contributed by atoms with Crippen LogP contribution in [-0.4, -0.2) is 40.5 Å². The number of amides is 2. The number of hydrogen-bond donors (Lipinski definition) is 3. The summed E-state index contributed by atoms with van der Waals surface area (Å²) in [5, 5.41) is 15.8. The molecule has 2 atom stereocenters. The molecule has 0 aliphatic heterocycles. The average molecular weight is 617 g/mol. The lowest BCUT2D eigenvalue weighted by Gasteiger charge is -2.34. The van der Waals surface area contributed by atoms with Crippen LogP contribution in [-0.2, 0) is 10.0 Å². The number of carbonyl (C=O) groups is 2. The van der Waals surface area contributed by atoms with Crippen LogP contribution in [0.25, 0.3) is 21.5 Å². The SMILES string of the molecule is CC(C)(C)C(CC(NC(=O)c1ccc(-c2ccnc3c2ccn3S(=O)(=O)c2ccccc2)s1)c1ccccc1)NC(=O)O. The van der Waals surface area contributed by atoms with Gasteiger partial charge in [-0.2, -0.15) is 0 Å². The number of fused-ring (bicyclic) bond motifs is 1. The molecule has 0 aliphatic rings. The summed E-state index contributed by atoms with van der Waals surface area (Å²) in [4.78, 5) is 30.9. The number of nitrogens with zero attached hydrogens (tertiary/aromatic N) is 2. The maximum absolute atomic E-state index is 13.5. The maximum Gasteiger partial charge on any atom is 0.404 e. The van der Waals surface area contributed by atoms with Crippen LogP contribution in [0, 0.1) is 5.41 Å². The maximum atomic E-state index is 13.5. The number of benzene rings is 2. The van der Waals surface area contributed by atoms with Gasteiger partial charge in [-0.25, -0.2) is 22.2 Å². The number of hydrogen-bond acceptors (Lipinski definition) is 6. The number of nitrogens with one attached hydrogen (secondary N) is 2. The van der Waals surface area contributed by atoms with Gasteiger partial charge in [0.25, 0.3) is 15.9 Å². The Bertz CT molecular complexity index is 1860. The van der Waals surface area contributed by atoms with E-state index in [1.807, 2.05) is 57.2 Å². The van der Waals surface area contributed by atoms with Gasteiger partial charge in [-0.15, -0.1) is 11.3 Å². The van der Waals surface area contributed by atoms with E-state index in [1.165, 1.54) is 21.5 Å². The summed E-state index contributed by atoms with van der Waals surface area (Å²) in [6, 6.07) is 23.9. The Kier molecular flexibility index (Phi) is 8.38. The van der Waals surface area contributed by atoms with Crippen LogP contribution in [0.1, 0.15) is 48.5 Å². The van der Waals surface area contributed by atoms with Crippen molar-refractivity contribution in [3.63, 3.8) is 0 Å². The fourth-order valence-corrected chi connectivity index (χ4v) is 7.21. The fourth-order valence-electron chi connectivity index (χ4n) is 4.94. The molecule has 3 N–H and O–H groups in total. The first kappa shape index (κ1) is 30.0. The van der Waals surface area contributed by atoms with E-state index >= 15 is 0 Å². The number of pyridine rings is 1. The lowest BCUT2D eigenvalue weighted by Crippen LogP contribution is -2.46. The Morgan fingerprint density at radius 1 is 0.930 bits per heavy atom. The summed E-state index contributed by atoms with van der Waals surface area (Å²) in [7, 11) is -3.85. The number of rotatable bonds is 9. The van der Waals surface area contributed by atoms with Gasteiger partial charge in [0.15, 0.2) is 5.65 Å². The summed E-state index contributed by atoms with van der Waals surface area (Å²) < 4.78 is 27.8. The van der Waals surface area contributed by atoms with Gasteiger partial charge in [0.2, 0.25) is 0 Å². The van der Waals surface area contributed by atoms with E-state index in [4.69, 9.17) is 0 Å². The minimum Gasteiger partial charge on any atom is -0.465 e. The lowest BCUT2D eigenvalue weighted by molar-refractivity contribution is 0.0930. The predicted molar refractivity (Wildman–Crippen MR) is 168 cm³/mol. The average Bonchev–Trinajstić information content (AvgIpc) is 3.65. The Labute approximate surface area is 254 Å². The van der Waals surface area contributed by atoms with Crippen LogP contribution in [0.15, 0.2) is 102 Å². The number of carbonyl (C=O) groups excluding carboxylic acids is 1. The molecule has 2 amide bonds. The van der Waals surface area contributed by atoms with E-state index in [2.05, 4.69) is 15.6 Å². The fraction of sp³-hybridized carbons (Fsp3) is 0.219. The molecule has 0 spiro atoms. The molecule has 222 valence electrons. The van der Waals surface area contributed by atoms with Gasteiger partial charge < -0.3 is 15.7 Å². The second kappa shape index (κ2) is 12.0. The number of thiophene rings is 1. The molecule has 0 radical (unpaired) electrons. The number of carboxylic acid groups (broad SMARTS) is 1. The van der Waals surface area contributed by atoms with E-state index in [-0.39, 0.29) is 16.2 Å². The molecule has 2 unspecified atom stereocenters. The zero-order valence-electron chi connectivity index (χ0n) is 23.9. The zero-order chi connectivity index (χ0) is 30.8. The van der Waals surface area contributed by atoms with Crippen molar-refractivity contribution in [3.05, 3.63) is 108 Å². The molecule has 11 heteroatoms. The van der Waals surface area contributed by atoms with Crippen LogP contribution < -0.4 is 10.6 Å². The van der Waals surface area contributed by atoms with Gasteiger partial charge in [-0.05, 0) is 53.8 Å². The predicted octanol–water partition coefficient (Wildman–Crippen LogP) is 6.55. The van der Waals surface area contributed by atoms with Crippen molar-refractivity contribution in [3.8, 4) is 10.4 Å². The lowest BCUT2D eigenvalue weighted by atomic mass is 9.82. The molecular weight excluding hydrogens is 585 g/mol. The highest BCUT2D eigenvalue weighted by Gasteiger charge is 2.31. The van der Waals surface area contributed by atoms with Crippen molar-refractivity contribution in [1.82, 2.24) is 19.6 Å². The van der Waals surface area contributed by atoms with Gasteiger partial charge in [-0.3, -0.25) is 4.79 Å². The van der Waals surface area contributed by atoms with Gasteiger partial charge in [0.05, 0.1) is 15.8 Å². The molecule has 3 heterocycles. The molecule has 0 saturated heterocycles. The third-order valence-electron chi connectivity index (χ3n) is 7.27. The molecule has 2 aromatic carbocycles. The summed E-state index contributed by atoms with van der Waals surface area (Å²) >= 11 is 1.29. The first-order valence-electron chi connectivity index (χ1n) is 13.7. The largest absolute Gasteiger partial charge is 0.465 e. The van der Waals surface area contributed by atoms with E-state index in [0.717, 1.165) is 16.0 Å². The topological polar surface area (TPSA) is 130 Å². The van der Waals surface area contributed by atoms with Gasteiger partial charge in [0, 0.05) is 34.3 Å². The van der Waals surface area contributed by atoms with Crippen molar-refractivity contribution in [2.24, 2.45) is 5.41 Å². The molecule has 0 fully saturated rings. The second-order valence-electron chi connectivity index (χ2n) is 11.2. The highest BCUT2D eigenvalue weighted by molar-refractivity contribution is 7.90. The molecular formula is C32H32N4O5S2. The van der Waals surface area contributed by atoms with Crippen LogP contribution in [0.4, 0.5) is 4.79 Å². The monoisotopic (exact) mass is 616 g/mol. The van der Waals surface area contributed by atoms with Crippen LogP contribution in [0.3, 0.4) is 0 Å². The smallest absolute Gasteiger partial charge is 0.404 e. The van der Waals surface area contributed by atoms with Gasteiger partial charge in [0.1, 0.15) is 0 Å². The second-order valence-corrected chi connectivity index (χ2v) is 14.1. The van der Waals surface area contributed by atoms with Crippen LogP contribution >= 0.6 is 11.3 Å². The molecule has 5 rings (SSSR count). The quantitative estimate of drug-likeness (QED) is 0.172. The van der Waals surface area contributed by atoms with E-state index in [1.54, 1.807) is 54.7 Å². The number of aromatic nitrogens is 2. The van der Waals surface area contributed by atoms with Crippen LogP contribution in [0.5, 0.6) is 0 Å². The van der Waals surface area contributed by atoms with E-state index < -0.39 is 28.2 Å². The van der Waals surface area contributed by atoms with Crippen LogP contribution in [0.2, 0.25) is 0 Å². The Balaban J connectivity index is 1.43. The summed E-state index contributed by atoms with van der Waals surface area (Å²) in [5.41, 5.74) is 1.53. The Morgan fingerprint density at radius 2 is 1.60 bits per heavy atom. The van der Waals surface area contributed by atoms with Gasteiger partial charge in [-0.1, -0.05) is 69.3 Å². The highest BCUT2D eigenvalue weighted by atomic mass is 32.2. The minimum atomic E-state index is -3.85. The molecule has 3 aromatic heterocycles. The summed E-state index contributed by atoms with van der Waals surface area (Å²) in [6.45, 7) is 5.87. The first-order chi connectivity index (χ1) is 20.4. The third-order valence-corrected chi connectivity index (χ3v) is 10.1. The van der Waals surface area contributed by atoms with Crippen molar-refractivity contribution in [2.45, 2.75) is 44.2 Å². The van der Waals surface area contributed by atoms with E-state index in [0.29, 0.717) is 22.3 Å². The third kappa shape index (κ3) is 6.47. The molecule has 43 heavy (non-hydrogen) atoms. The first-order valence-corrected chi connectivity index (χ1v) is 15.9. The minimum absolute atomic E-state index is 0.162. The highest BCUT2D eigenvalue weighted by Crippen LogP contribution is 2.35. The molecule has 9 nitrogen and oxygen atoms in total. The van der Waals surface area contributed by atoms with E-state index in [9.17, 15) is 23.1 Å². The Morgan fingerprint density at radius 3 is 2.26 bits per heavy atom. The molecule has 0 aliphatic carbocycles. The van der Waals surface area contributed by atoms with Crippen molar-refractivity contribution in [2.75, 3.05) is 0 Å². The summed E-state index contributed by atoms with van der Waals surface area (Å²) in [6.07, 6.45) is 2.29. The standard InChI is InChI=1S/C32H32N4O5S2/c1-32(2,3)28(35-31(38)39)20-25(21-10-6-4-7-11-21)34-30(37)27-15-14-26(42-27)23-16-18-33-29-24(23)17-19-36(29)43(40,41)22-12-8-5-9-13-22/h4-19,25,28,35H,20H2,1-3H3,(H,34,37)(H,38,39). The molecule has 5 aromatic rings. The van der Waals surface area contributed by atoms with Crippen molar-refractivity contribution >= 4 is 44.4 Å². The van der Waals surface area contributed by atoms with Crippen molar-refractivity contribution < 1.29 is 23.1 Å². The molecule has 0 saturated carbocycles. The Hall–Kier alpha value is -4.48. The normalized spacial score (nSPS) is 13.4. The van der Waals surface area contributed by atoms with Gasteiger partial charge >= 0.3 is 6.09 Å².